The van der Waals surface area contributed by atoms with Gasteiger partial charge in [0.25, 0.3) is 0 Å². The predicted molar refractivity (Wildman–Crippen MR) is 42.3 cm³/mol. The molecule has 11 heavy (non-hydrogen) atoms. The topological polar surface area (TPSA) is 34.1 Å². The van der Waals surface area contributed by atoms with Gasteiger partial charge in [-0.3, -0.25) is 9.59 Å². The van der Waals surface area contributed by atoms with Crippen LogP contribution in [0.2, 0.25) is 0 Å². The summed E-state index contributed by atoms with van der Waals surface area (Å²) in [4.78, 5) is 22.4. The maximum Gasteiger partial charge on any atom is 0.146 e. The maximum atomic E-state index is 11.3. The lowest BCUT2D eigenvalue weighted by Gasteiger charge is -2.28. The Hall–Kier alpha value is -0.660. The first-order valence-electron chi connectivity index (χ1n) is 4.12. The highest BCUT2D eigenvalue weighted by molar-refractivity contribution is 6.05. The molecule has 62 valence electrons. The van der Waals surface area contributed by atoms with E-state index in [4.69, 9.17) is 0 Å². The van der Waals surface area contributed by atoms with Gasteiger partial charge < -0.3 is 0 Å². The van der Waals surface area contributed by atoms with E-state index < -0.39 is 5.41 Å². The van der Waals surface area contributed by atoms with E-state index in [0.717, 1.165) is 19.3 Å². The molecule has 0 saturated heterocycles. The molecular weight excluding hydrogens is 140 g/mol. The molecule has 0 aromatic heterocycles. The summed E-state index contributed by atoms with van der Waals surface area (Å²) < 4.78 is 0. The van der Waals surface area contributed by atoms with Gasteiger partial charge in [0.2, 0.25) is 0 Å². The van der Waals surface area contributed by atoms with Crippen LogP contribution in [0.5, 0.6) is 0 Å². The summed E-state index contributed by atoms with van der Waals surface area (Å²) in [6, 6.07) is 0. The van der Waals surface area contributed by atoms with Crippen LogP contribution in [0.4, 0.5) is 0 Å². The lowest BCUT2D eigenvalue weighted by molar-refractivity contribution is -0.140. The van der Waals surface area contributed by atoms with Crippen LogP contribution in [0, 0.1) is 5.41 Å². The quantitative estimate of drug-likeness (QED) is 0.539. The molecular formula is C9H14O2. The number of hydrogen-bond donors (Lipinski definition) is 0. The monoisotopic (exact) mass is 154 g/mol. The Kier molecular flexibility index (Phi) is 2.12. The van der Waals surface area contributed by atoms with Crippen LogP contribution in [0.1, 0.15) is 39.5 Å². The summed E-state index contributed by atoms with van der Waals surface area (Å²) >= 11 is 0. The highest BCUT2D eigenvalue weighted by atomic mass is 16.2. The van der Waals surface area contributed by atoms with Gasteiger partial charge in [-0.25, -0.2) is 0 Å². The first-order chi connectivity index (χ1) is 5.07. The Labute approximate surface area is 67.0 Å². The minimum absolute atomic E-state index is 0.0298. The van der Waals surface area contributed by atoms with Crippen LogP contribution < -0.4 is 0 Å². The molecule has 2 heteroatoms. The minimum atomic E-state index is -0.641. The fraction of sp³-hybridized carbons (Fsp3) is 0.778. The van der Waals surface area contributed by atoms with Crippen molar-refractivity contribution in [2.24, 2.45) is 5.41 Å². The molecule has 2 nitrogen and oxygen atoms in total. The van der Waals surface area contributed by atoms with Gasteiger partial charge in [-0.15, -0.1) is 0 Å². The highest BCUT2D eigenvalue weighted by Crippen LogP contribution is 2.33. The fourth-order valence-electron chi connectivity index (χ4n) is 1.55. The zero-order valence-electron chi connectivity index (χ0n) is 7.14. The van der Waals surface area contributed by atoms with Crippen LogP contribution in [-0.4, -0.2) is 11.6 Å². The first-order valence-corrected chi connectivity index (χ1v) is 4.12. The SMILES string of the molecule is CC(=O)C1(C)CCCCC1=O. The summed E-state index contributed by atoms with van der Waals surface area (Å²) in [5.41, 5.74) is -0.641. The van der Waals surface area contributed by atoms with E-state index >= 15 is 0 Å². The second-order valence-corrected chi connectivity index (χ2v) is 3.52. The normalized spacial score (nSPS) is 32.0. The van der Waals surface area contributed by atoms with E-state index in [0.29, 0.717) is 6.42 Å². The Morgan fingerprint density at radius 1 is 1.45 bits per heavy atom. The lowest BCUT2D eigenvalue weighted by Crippen LogP contribution is -2.37. The standard InChI is InChI=1S/C9H14O2/c1-7(10)9(2)6-4-3-5-8(9)11/h3-6H2,1-2H3. The maximum absolute atomic E-state index is 11.3. The summed E-state index contributed by atoms with van der Waals surface area (Å²) in [5.74, 6) is 0.165. The van der Waals surface area contributed by atoms with Crippen molar-refractivity contribution in [1.29, 1.82) is 0 Å². The zero-order chi connectivity index (χ0) is 8.48. The molecule has 0 bridgehead atoms. The molecule has 1 saturated carbocycles. The first kappa shape index (κ1) is 8.44. The van der Waals surface area contributed by atoms with Gasteiger partial charge in [0.1, 0.15) is 11.6 Å². The zero-order valence-corrected chi connectivity index (χ0v) is 7.14. The minimum Gasteiger partial charge on any atom is -0.299 e. The average molecular weight is 154 g/mol. The Morgan fingerprint density at radius 3 is 2.45 bits per heavy atom. The van der Waals surface area contributed by atoms with Gasteiger partial charge in [-0.2, -0.15) is 0 Å². The summed E-state index contributed by atoms with van der Waals surface area (Å²) in [6.45, 7) is 3.29. The lowest BCUT2D eigenvalue weighted by atomic mass is 9.72. The molecule has 0 radical (unpaired) electrons. The third kappa shape index (κ3) is 1.35. The second-order valence-electron chi connectivity index (χ2n) is 3.52. The van der Waals surface area contributed by atoms with Gasteiger partial charge in [-0.05, 0) is 26.7 Å². The second kappa shape index (κ2) is 2.76. The van der Waals surface area contributed by atoms with E-state index in [1.165, 1.54) is 6.92 Å². The molecule has 0 aromatic rings. The molecule has 1 aliphatic rings. The van der Waals surface area contributed by atoms with Crippen molar-refractivity contribution in [2.45, 2.75) is 39.5 Å². The van der Waals surface area contributed by atoms with Crippen molar-refractivity contribution in [3.8, 4) is 0 Å². The van der Waals surface area contributed by atoms with Crippen molar-refractivity contribution < 1.29 is 9.59 Å². The van der Waals surface area contributed by atoms with Crippen LogP contribution in [0.15, 0.2) is 0 Å². The van der Waals surface area contributed by atoms with E-state index in [9.17, 15) is 9.59 Å². The summed E-state index contributed by atoms with van der Waals surface area (Å²) in [6.07, 6.45) is 3.32. The molecule has 1 atom stereocenters. The Bertz CT molecular complexity index is 196. The largest absolute Gasteiger partial charge is 0.299 e. The number of carbonyl (C=O) groups is 2. The highest BCUT2D eigenvalue weighted by Gasteiger charge is 2.38. The summed E-state index contributed by atoms with van der Waals surface area (Å²) in [7, 11) is 0. The van der Waals surface area contributed by atoms with Crippen LogP contribution >= 0.6 is 0 Å². The molecule has 1 rings (SSSR count). The molecule has 0 N–H and O–H groups in total. The number of rotatable bonds is 1. The Balaban J connectivity index is 2.81. The molecule has 1 fully saturated rings. The third-order valence-corrected chi connectivity index (χ3v) is 2.72. The number of Topliss-reactive ketones (excluding diaryl/α,β-unsaturated/α-hetero) is 2. The molecule has 0 aliphatic heterocycles. The number of ketones is 2. The van der Waals surface area contributed by atoms with Crippen molar-refractivity contribution in [3.05, 3.63) is 0 Å². The van der Waals surface area contributed by atoms with Crippen molar-refractivity contribution in [2.75, 3.05) is 0 Å². The molecule has 0 amide bonds. The molecule has 0 spiro atoms. The smallest absolute Gasteiger partial charge is 0.146 e. The van der Waals surface area contributed by atoms with Crippen molar-refractivity contribution in [3.63, 3.8) is 0 Å². The van der Waals surface area contributed by atoms with Crippen LogP contribution in [0.25, 0.3) is 0 Å². The average Bonchev–Trinajstić information content (AvgIpc) is 1.95. The van der Waals surface area contributed by atoms with Gasteiger partial charge >= 0.3 is 0 Å². The van der Waals surface area contributed by atoms with Crippen molar-refractivity contribution in [1.82, 2.24) is 0 Å². The van der Waals surface area contributed by atoms with Gasteiger partial charge in [0, 0.05) is 6.42 Å². The van der Waals surface area contributed by atoms with Gasteiger partial charge in [0.15, 0.2) is 0 Å². The van der Waals surface area contributed by atoms with E-state index in [1.807, 2.05) is 0 Å². The van der Waals surface area contributed by atoms with E-state index in [1.54, 1.807) is 6.92 Å². The fourth-order valence-corrected chi connectivity index (χ4v) is 1.55. The van der Waals surface area contributed by atoms with Crippen molar-refractivity contribution >= 4 is 11.6 Å². The molecule has 1 aliphatic carbocycles. The molecule has 0 aromatic carbocycles. The third-order valence-electron chi connectivity index (χ3n) is 2.72. The van der Waals surface area contributed by atoms with Gasteiger partial charge in [-0.1, -0.05) is 6.42 Å². The molecule has 1 unspecified atom stereocenters. The van der Waals surface area contributed by atoms with E-state index in [2.05, 4.69) is 0 Å². The predicted octanol–water partition coefficient (Wildman–Crippen LogP) is 1.72. The summed E-state index contributed by atoms with van der Waals surface area (Å²) in [5, 5.41) is 0. The molecule has 0 heterocycles. The van der Waals surface area contributed by atoms with Gasteiger partial charge in [0.05, 0.1) is 5.41 Å². The number of carbonyl (C=O) groups excluding carboxylic acids is 2. The number of hydrogen-bond acceptors (Lipinski definition) is 2. The van der Waals surface area contributed by atoms with Crippen LogP contribution in [0.3, 0.4) is 0 Å². The Morgan fingerprint density at radius 2 is 2.09 bits per heavy atom. The van der Waals surface area contributed by atoms with Crippen LogP contribution in [-0.2, 0) is 9.59 Å². The van der Waals surface area contributed by atoms with E-state index in [-0.39, 0.29) is 11.6 Å².